The molecule has 0 spiro atoms. The van der Waals surface area contributed by atoms with E-state index in [-0.39, 0.29) is 5.95 Å². The second kappa shape index (κ2) is 2.84. The molecule has 12 heavy (non-hydrogen) atoms. The Morgan fingerprint density at radius 1 is 1.17 bits per heavy atom. The monoisotopic (exact) mass is 167 g/mol. The van der Waals surface area contributed by atoms with Crippen molar-refractivity contribution in [1.82, 2.24) is 9.97 Å². The first-order chi connectivity index (χ1) is 5.52. The highest BCUT2D eigenvalue weighted by molar-refractivity contribution is 5.65. The lowest BCUT2D eigenvalue weighted by molar-refractivity contribution is 1.03. The van der Waals surface area contributed by atoms with Gasteiger partial charge in [-0.3, -0.25) is 0 Å². The first kappa shape index (κ1) is 8.58. The van der Waals surface area contributed by atoms with Crippen molar-refractivity contribution in [3.63, 3.8) is 0 Å². The van der Waals surface area contributed by atoms with E-state index < -0.39 is 0 Å². The highest BCUT2D eigenvalue weighted by atomic mass is 15.2. The molecule has 5 heteroatoms. The topological polar surface area (TPSA) is 81.1 Å². The number of nitrogens with two attached hydrogens (primary N) is 2. The average molecular weight is 167 g/mol. The molecule has 0 amide bonds. The molecule has 1 aromatic heterocycles. The van der Waals surface area contributed by atoms with Crippen molar-refractivity contribution in [2.75, 3.05) is 30.5 Å². The maximum absolute atomic E-state index is 5.73. The SMILES string of the molecule is Cc1nc(N)nc(N(C)C)c1N. The van der Waals surface area contributed by atoms with E-state index in [9.17, 15) is 0 Å². The fourth-order valence-corrected chi connectivity index (χ4v) is 0.928. The molecule has 0 saturated carbocycles. The van der Waals surface area contributed by atoms with Gasteiger partial charge in [-0.05, 0) is 6.92 Å². The zero-order valence-electron chi connectivity index (χ0n) is 7.50. The molecule has 0 aromatic carbocycles. The molecule has 0 atom stereocenters. The van der Waals surface area contributed by atoms with Crippen molar-refractivity contribution in [3.05, 3.63) is 5.69 Å². The number of aromatic nitrogens is 2. The van der Waals surface area contributed by atoms with Crippen LogP contribution in [0.5, 0.6) is 0 Å². The van der Waals surface area contributed by atoms with Crippen LogP contribution in [0, 0.1) is 6.92 Å². The zero-order valence-corrected chi connectivity index (χ0v) is 7.50. The van der Waals surface area contributed by atoms with E-state index in [0.717, 1.165) is 0 Å². The molecule has 0 radical (unpaired) electrons. The third-order valence-electron chi connectivity index (χ3n) is 1.56. The lowest BCUT2D eigenvalue weighted by atomic mass is 10.3. The molecule has 0 aliphatic carbocycles. The van der Waals surface area contributed by atoms with E-state index in [1.54, 1.807) is 11.8 Å². The lowest BCUT2D eigenvalue weighted by Crippen LogP contribution is -2.15. The van der Waals surface area contributed by atoms with Gasteiger partial charge in [0.2, 0.25) is 5.95 Å². The molecule has 4 N–H and O–H groups in total. The van der Waals surface area contributed by atoms with Gasteiger partial charge in [0.25, 0.3) is 0 Å². The molecule has 0 fully saturated rings. The molecule has 5 nitrogen and oxygen atoms in total. The molecule has 1 aromatic rings. The Morgan fingerprint density at radius 2 is 1.75 bits per heavy atom. The van der Waals surface area contributed by atoms with E-state index in [1.807, 2.05) is 14.1 Å². The summed E-state index contributed by atoms with van der Waals surface area (Å²) in [5, 5.41) is 0. The first-order valence-corrected chi connectivity index (χ1v) is 3.59. The minimum Gasteiger partial charge on any atom is -0.394 e. The van der Waals surface area contributed by atoms with Crippen LogP contribution in [0.25, 0.3) is 0 Å². The molecule has 0 aliphatic heterocycles. The summed E-state index contributed by atoms with van der Waals surface area (Å²) in [5.41, 5.74) is 12.5. The van der Waals surface area contributed by atoms with Crippen molar-refractivity contribution >= 4 is 17.5 Å². The Bertz CT molecular complexity index is 294. The van der Waals surface area contributed by atoms with Gasteiger partial charge in [-0.1, -0.05) is 0 Å². The number of hydrogen-bond acceptors (Lipinski definition) is 5. The Hall–Kier alpha value is -1.52. The van der Waals surface area contributed by atoms with Gasteiger partial charge in [0, 0.05) is 14.1 Å². The number of hydrogen-bond donors (Lipinski definition) is 2. The fraction of sp³-hybridized carbons (Fsp3) is 0.429. The average Bonchev–Trinajstić information content (AvgIpc) is 1.96. The minimum absolute atomic E-state index is 0.255. The summed E-state index contributed by atoms with van der Waals surface area (Å²) in [4.78, 5) is 9.74. The van der Waals surface area contributed by atoms with Gasteiger partial charge in [0.15, 0.2) is 5.82 Å². The van der Waals surface area contributed by atoms with E-state index in [4.69, 9.17) is 11.5 Å². The highest BCUT2D eigenvalue weighted by Crippen LogP contribution is 2.21. The van der Waals surface area contributed by atoms with Crippen molar-refractivity contribution in [2.24, 2.45) is 0 Å². The molecule has 1 rings (SSSR count). The van der Waals surface area contributed by atoms with Crippen molar-refractivity contribution < 1.29 is 0 Å². The standard InChI is InChI=1S/C7H13N5/c1-4-5(8)6(12(2)3)11-7(9)10-4/h8H2,1-3H3,(H2,9,10,11). The predicted molar refractivity (Wildman–Crippen MR) is 49.9 cm³/mol. The van der Waals surface area contributed by atoms with Crippen LogP contribution in [-0.4, -0.2) is 24.1 Å². The Labute approximate surface area is 71.4 Å². The van der Waals surface area contributed by atoms with Crippen LogP contribution in [0.3, 0.4) is 0 Å². The number of rotatable bonds is 1. The molecular formula is C7H13N5. The highest BCUT2D eigenvalue weighted by Gasteiger charge is 2.07. The summed E-state index contributed by atoms with van der Waals surface area (Å²) in [6.07, 6.45) is 0. The summed E-state index contributed by atoms with van der Waals surface area (Å²) in [6.45, 7) is 1.81. The summed E-state index contributed by atoms with van der Waals surface area (Å²) in [5.74, 6) is 0.922. The first-order valence-electron chi connectivity index (χ1n) is 3.59. The van der Waals surface area contributed by atoms with Crippen LogP contribution in [0.2, 0.25) is 0 Å². The second-order valence-corrected chi connectivity index (χ2v) is 2.80. The lowest BCUT2D eigenvalue weighted by Gasteiger charge is -2.14. The van der Waals surface area contributed by atoms with Crippen molar-refractivity contribution in [2.45, 2.75) is 6.92 Å². The van der Waals surface area contributed by atoms with Crippen molar-refractivity contribution in [1.29, 1.82) is 0 Å². The Morgan fingerprint density at radius 3 is 2.25 bits per heavy atom. The summed E-state index contributed by atoms with van der Waals surface area (Å²) in [6, 6.07) is 0. The van der Waals surface area contributed by atoms with Gasteiger partial charge in [0.1, 0.15) is 0 Å². The van der Waals surface area contributed by atoms with Crippen LogP contribution in [-0.2, 0) is 0 Å². The van der Waals surface area contributed by atoms with Gasteiger partial charge in [0.05, 0.1) is 11.4 Å². The molecule has 0 unspecified atom stereocenters. The van der Waals surface area contributed by atoms with E-state index in [0.29, 0.717) is 17.2 Å². The fourth-order valence-electron chi connectivity index (χ4n) is 0.928. The van der Waals surface area contributed by atoms with Gasteiger partial charge in [-0.15, -0.1) is 0 Å². The van der Waals surface area contributed by atoms with Gasteiger partial charge in [-0.25, -0.2) is 4.98 Å². The number of anilines is 3. The van der Waals surface area contributed by atoms with Crippen LogP contribution < -0.4 is 16.4 Å². The van der Waals surface area contributed by atoms with Gasteiger partial charge < -0.3 is 16.4 Å². The molecule has 1 heterocycles. The maximum Gasteiger partial charge on any atom is 0.222 e. The predicted octanol–water partition coefficient (Wildman–Crippen LogP) is 0.0154. The molecule has 0 aliphatic rings. The van der Waals surface area contributed by atoms with Crippen LogP contribution in [0.1, 0.15) is 5.69 Å². The van der Waals surface area contributed by atoms with Crippen LogP contribution in [0.15, 0.2) is 0 Å². The van der Waals surface area contributed by atoms with Crippen molar-refractivity contribution in [3.8, 4) is 0 Å². The maximum atomic E-state index is 5.73. The quantitative estimate of drug-likeness (QED) is 0.616. The Kier molecular flexibility index (Phi) is 2.03. The molecule has 0 bridgehead atoms. The van der Waals surface area contributed by atoms with Crippen LogP contribution >= 0.6 is 0 Å². The molecule has 66 valence electrons. The Balaban J connectivity index is 3.28. The summed E-state index contributed by atoms with van der Waals surface area (Å²) in [7, 11) is 3.72. The number of nitrogens with zero attached hydrogens (tertiary/aromatic N) is 3. The zero-order chi connectivity index (χ0) is 9.30. The van der Waals surface area contributed by atoms with Crippen LogP contribution in [0.4, 0.5) is 17.5 Å². The minimum atomic E-state index is 0.255. The van der Waals surface area contributed by atoms with Gasteiger partial charge >= 0.3 is 0 Å². The molecular weight excluding hydrogens is 154 g/mol. The van der Waals surface area contributed by atoms with E-state index in [2.05, 4.69) is 9.97 Å². The smallest absolute Gasteiger partial charge is 0.222 e. The normalized spacial score (nSPS) is 9.92. The second-order valence-electron chi connectivity index (χ2n) is 2.80. The largest absolute Gasteiger partial charge is 0.394 e. The molecule has 0 saturated heterocycles. The van der Waals surface area contributed by atoms with E-state index >= 15 is 0 Å². The van der Waals surface area contributed by atoms with Gasteiger partial charge in [-0.2, -0.15) is 4.98 Å². The summed E-state index contributed by atoms with van der Waals surface area (Å²) >= 11 is 0. The number of aryl methyl sites for hydroxylation is 1. The third-order valence-corrected chi connectivity index (χ3v) is 1.56. The third kappa shape index (κ3) is 1.39. The number of nitrogen functional groups attached to an aromatic ring is 2. The van der Waals surface area contributed by atoms with E-state index in [1.165, 1.54) is 0 Å². The summed E-state index contributed by atoms with van der Waals surface area (Å²) < 4.78 is 0.